The molecule has 2 heterocycles. The van der Waals surface area contributed by atoms with E-state index in [9.17, 15) is 44.7 Å². The van der Waals surface area contributed by atoms with Crippen LogP contribution in [0.2, 0.25) is 0 Å². The number of ketones is 2. The zero-order valence-corrected chi connectivity index (χ0v) is 27.7. The average molecular weight is 685 g/mol. The summed E-state index contributed by atoms with van der Waals surface area (Å²) in [5.41, 5.74) is 3.86. The van der Waals surface area contributed by atoms with Gasteiger partial charge in [-0.15, -0.1) is 0 Å². The highest BCUT2D eigenvalue weighted by atomic mass is 16.7. The van der Waals surface area contributed by atoms with Crippen LogP contribution in [-0.2, 0) is 38.1 Å². The van der Waals surface area contributed by atoms with Crippen molar-refractivity contribution < 1.29 is 63.7 Å². The van der Waals surface area contributed by atoms with E-state index >= 15 is 0 Å². The van der Waals surface area contributed by atoms with Crippen molar-refractivity contribution in [3.05, 3.63) is 57.7 Å². The zero-order chi connectivity index (χ0) is 35.5. The fourth-order valence-electron chi connectivity index (χ4n) is 8.55. The first-order valence-electron chi connectivity index (χ1n) is 16.8. The monoisotopic (exact) mass is 684 g/mol. The molecule has 0 aromatic rings. The molecule has 0 aromatic carbocycles. The Kier molecular flexibility index (Phi) is 9.99. The molecule has 49 heavy (non-hydrogen) atoms. The van der Waals surface area contributed by atoms with E-state index in [1.807, 2.05) is 6.92 Å². The molecule has 0 aromatic heterocycles. The Bertz CT molecular complexity index is 1570. The molecule has 0 saturated carbocycles. The average Bonchev–Trinajstić information content (AvgIpc) is 3.55. The van der Waals surface area contributed by atoms with Gasteiger partial charge in [-0.2, -0.15) is 0 Å². The van der Waals surface area contributed by atoms with E-state index in [0.717, 1.165) is 5.57 Å². The maximum absolute atomic E-state index is 13.8. The predicted molar refractivity (Wildman–Crippen MR) is 169 cm³/mol. The number of carbonyl (C=O) groups is 4. The van der Waals surface area contributed by atoms with Crippen molar-refractivity contribution >= 4 is 23.5 Å². The number of aliphatic hydroxyl groups is 5. The van der Waals surface area contributed by atoms with E-state index in [4.69, 9.17) is 18.9 Å². The van der Waals surface area contributed by atoms with Crippen LogP contribution >= 0.6 is 0 Å². The topological polar surface area (TPSA) is 206 Å². The Labute approximate surface area is 283 Å². The summed E-state index contributed by atoms with van der Waals surface area (Å²) >= 11 is 0. The summed E-state index contributed by atoms with van der Waals surface area (Å²) in [7, 11) is 0. The molecule has 266 valence electrons. The van der Waals surface area contributed by atoms with Crippen LogP contribution < -0.4 is 0 Å². The molecule has 13 heteroatoms. The van der Waals surface area contributed by atoms with Crippen LogP contribution in [0, 0.1) is 29.6 Å². The number of hydrogen-bond donors (Lipinski definition) is 5. The van der Waals surface area contributed by atoms with Crippen LogP contribution in [0.25, 0.3) is 0 Å². The molecule has 0 amide bonds. The maximum Gasteiger partial charge on any atom is 0.333 e. The molecule has 2 fully saturated rings. The number of rotatable bonds is 8. The quantitative estimate of drug-likeness (QED) is 0.175. The van der Waals surface area contributed by atoms with Crippen LogP contribution in [0.3, 0.4) is 0 Å². The first-order valence-corrected chi connectivity index (χ1v) is 16.8. The van der Waals surface area contributed by atoms with Crippen molar-refractivity contribution in [1.82, 2.24) is 0 Å². The summed E-state index contributed by atoms with van der Waals surface area (Å²) in [4.78, 5) is 52.9. The highest BCUT2D eigenvalue weighted by molar-refractivity contribution is 6.09. The molecule has 12 atom stereocenters. The standard InChI is InChI=1S/C36H44O13/c1-14-7-22(39)28-19(11-37)6-5-18(9-21(14)28)16(3)34(44)47-24-8-15(2)26-23(40)10-20(29(26)33-27(24)17(4)35(45)49-33)13-46-36-32(43)31(42)30(41)25(12-38)48-36/h7,10,17-18,21,24-25,27,29-33,36-38,41-43H,3,5-6,8-9,11-13H2,1-2,4H3/t17-,18+,21-,24-,25-,27+,29-,30+,31-,32+,33+,36+/m0/s1. The molecule has 5 N–H and O–H groups in total. The Balaban J connectivity index is 1.20. The smallest absolute Gasteiger partial charge is 0.333 e. The van der Waals surface area contributed by atoms with Crippen molar-refractivity contribution in [3.8, 4) is 0 Å². The Morgan fingerprint density at radius 1 is 1.02 bits per heavy atom. The third-order valence-electron chi connectivity index (χ3n) is 11.3. The van der Waals surface area contributed by atoms with E-state index in [0.29, 0.717) is 47.1 Å². The molecule has 0 unspecified atom stereocenters. The lowest BCUT2D eigenvalue weighted by Crippen LogP contribution is -2.59. The number of esters is 2. The lowest BCUT2D eigenvalue weighted by Gasteiger charge is -2.39. The van der Waals surface area contributed by atoms with Gasteiger partial charge in [-0.25, -0.2) is 4.79 Å². The fraction of sp³-hybridized carbons (Fsp3) is 0.611. The molecule has 0 bridgehead atoms. The lowest BCUT2D eigenvalue weighted by atomic mass is 9.79. The molecule has 6 rings (SSSR count). The highest BCUT2D eigenvalue weighted by Crippen LogP contribution is 2.49. The fourth-order valence-corrected chi connectivity index (χ4v) is 8.55. The second-order valence-electron chi connectivity index (χ2n) is 14.2. The molecular weight excluding hydrogens is 640 g/mol. The Morgan fingerprint density at radius 2 is 1.73 bits per heavy atom. The number of fused-ring (bicyclic) bond motifs is 4. The first kappa shape index (κ1) is 35.5. The van der Waals surface area contributed by atoms with Gasteiger partial charge in [0.15, 0.2) is 17.9 Å². The third-order valence-corrected chi connectivity index (χ3v) is 11.3. The van der Waals surface area contributed by atoms with Crippen LogP contribution in [0.15, 0.2) is 57.7 Å². The summed E-state index contributed by atoms with van der Waals surface area (Å²) in [6, 6.07) is 0. The Morgan fingerprint density at radius 3 is 2.43 bits per heavy atom. The van der Waals surface area contributed by atoms with Gasteiger partial charge < -0.3 is 44.5 Å². The van der Waals surface area contributed by atoms with Crippen LogP contribution in [-0.4, -0.2) is 112 Å². The number of aliphatic hydroxyl groups excluding tert-OH is 5. The van der Waals surface area contributed by atoms with Crippen LogP contribution in [0.1, 0.15) is 46.5 Å². The van der Waals surface area contributed by atoms with Crippen LogP contribution in [0.4, 0.5) is 0 Å². The first-order chi connectivity index (χ1) is 23.3. The second kappa shape index (κ2) is 13.8. The van der Waals surface area contributed by atoms with Gasteiger partial charge in [0, 0.05) is 40.9 Å². The summed E-state index contributed by atoms with van der Waals surface area (Å²) in [6.07, 6.45) is -4.65. The molecule has 0 spiro atoms. The van der Waals surface area contributed by atoms with Gasteiger partial charge in [-0.3, -0.25) is 14.4 Å². The lowest BCUT2D eigenvalue weighted by molar-refractivity contribution is -0.299. The van der Waals surface area contributed by atoms with E-state index in [-0.39, 0.29) is 48.6 Å². The van der Waals surface area contributed by atoms with Crippen molar-refractivity contribution in [2.75, 3.05) is 19.8 Å². The van der Waals surface area contributed by atoms with Crippen molar-refractivity contribution in [3.63, 3.8) is 0 Å². The van der Waals surface area contributed by atoms with Gasteiger partial charge in [-0.05, 0) is 62.3 Å². The number of allylic oxidation sites excluding steroid dienone is 4. The second-order valence-corrected chi connectivity index (χ2v) is 14.2. The number of hydrogen-bond acceptors (Lipinski definition) is 13. The SMILES string of the molecule is C=C(C(=O)O[C@H]1CC(C)=C2C(=O)C=C(CO[C@@H]3O[C@@H](CO)[C@@H](O)[C@H](O)[C@H]3O)[C@@H]2[C@@H]2OC(=O)[C@@H](C)[C@@H]21)[C@@H]1CCC(CO)=C2C(=O)C=C(C)[C@@H]2C1. The molecule has 0 radical (unpaired) electrons. The third kappa shape index (κ3) is 6.19. The minimum atomic E-state index is -1.65. The van der Waals surface area contributed by atoms with Crippen molar-refractivity contribution in [1.29, 1.82) is 0 Å². The number of carbonyl (C=O) groups excluding carboxylic acids is 4. The minimum absolute atomic E-state index is 0.111. The van der Waals surface area contributed by atoms with Crippen molar-refractivity contribution in [2.24, 2.45) is 29.6 Å². The van der Waals surface area contributed by atoms with E-state index in [1.165, 1.54) is 6.08 Å². The van der Waals surface area contributed by atoms with Gasteiger partial charge in [0.1, 0.15) is 36.6 Å². The van der Waals surface area contributed by atoms with Gasteiger partial charge in [-0.1, -0.05) is 24.6 Å². The zero-order valence-electron chi connectivity index (χ0n) is 27.7. The predicted octanol–water partition coefficient (Wildman–Crippen LogP) is 0.528. The van der Waals surface area contributed by atoms with E-state index < -0.39 is 79.2 Å². The highest BCUT2D eigenvalue weighted by Gasteiger charge is 2.56. The number of ether oxygens (including phenoxy) is 4. The Hall–Kier alpha value is -3.30. The maximum atomic E-state index is 13.8. The molecular formula is C36H44O13. The van der Waals surface area contributed by atoms with Gasteiger partial charge >= 0.3 is 11.9 Å². The summed E-state index contributed by atoms with van der Waals surface area (Å²) in [6.45, 7) is 8.28. The molecule has 13 nitrogen and oxygen atoms in total. The summed E-state index contributed by atoms with van der Waals surface area (Å²) < 4.78 is 23.3. The summed E-state index contributed by atoms with van der Waals surface area (Å²) in [5.74, 6) is -4.17. The van der Waals surface area contributed by atoms with Crippen LogP contribution in [0.5, 0.6) is 0 Å². The van der Waals surface area contributed by atoms with E-state index in [1.54, 1.807) is 19.9 Å². The molecule has 6 aliphatic rings. The molecule has 2 aliphatic heterocycles. The summed E-state index contributed by atoms with van der Waals surface area (Å²) in [5, 5.41) is 50.3. The largest absolute Gasteiger partial charge is 0.461 e. The minimum Gasteiger partial charge on any atom is -0.461 e. The van der Waals surface area contributed by atoms with Crippen molar-refractivity contribution in [2.45, 2.75) is 89.4 Å². The normalized spacial score (nSPS) is 39.1. The van der Waals surface area contributed by atoms with Gasteiger partial charge in [0.05, 0.1) is 25.7 Å². The van der Waals surface area contributed by atoms with Gasteiger partial charge in [0.25, 0.3) is 0 Å². The molecule has 4 aliphatic carbocycles. The molecule has 2 saturated heterocycles. The van der Waals surface area contributed by atoms with E-state index in [2.05, 4.69) is 6.58 Å². The van der Waals surface area contributed by atoms with Gasteiger partial charge in [0.2, 0.25) is 0 Å².